The number of aromatic nitrogens is 3. The molecule has 1 atom stereocenters. The Kier molecular flexibility index (Phi) is 5.93. The maximum atomic E-state index is 13.4. The first-order chi connectivity index (χ1) is 14.9. The van der Waals surface area contributed by atoms with Crippen LogP contribution in [0.15, 0.2) is 57.6 Å². The zero-order valence-electron chi connectivity index (χ0n) is 17.3. The zero-order valence-corrected chi connectivity index (χ0v) is 18.9. The minimum Gasteiger partial charge on any atom is -0.463 e. The third-order valence-corrected chi connectivity index (χ3v) is 6.20. The fraction of sp³-hybridized carbons (Fsp3) is 0.273. The lowest BCUT2D eigenvalue weighted by Crippen LogP contribution is -2.39. The van der Waals surface area contributed by atoms with E-state index in [1.54, 1.807) is 41.3 Å². The average molecular weight is 457 g/mol. The van der Waals surface area contributed by atoms with Crippen molar-refractivity contribution in [2.45, 2.75) is 33.4 Å². The molecule has 1 unspecified atom stereocenters. The minimum absolute atomic E-state index is 0.230. The summed E-state index contributed by atoms with van der Waals surface area (Å²) in [6.07, 6.45) is 3.61. The molecule has 0 saturated heterocycles. The molecule has 0 fully saturated rings. The Hall–Kier alpha value is -2.97. The number of ether oxygens (including phenoxy) is 1. The monoisotopic (exact) mass is 456 g/mol. The maximum Gasteiger partial charge on any atom is 0.338 e. The van der Waals surface area contributed by atoms with Gasteiger partial charge in [0.15, 0.2) is 4.80 Å². The number of benzene rings is 1. The van der Waals surface area contributed by atoms with Crippen molar-refractivity contribution < 1.29 is 9.53 Å². The highest BCUT2D eigenvalue weighted by Gasteiger charge is 2.33. The average Bonchev–Trinajstić information content (AvgIpc) is 3.32. The number of hydrogen-bond acceptors (Lipinski definition) is 6. The maximum absolute atomic E-state index is 13.4. The summed E-state index contributed by atoms with van der Waals surface area (Å²) in [5, 5.41) is 5.00. The van der Waals surface area contributed by atoms with Crippen molar-refractivity contribution in [1.29, 1.82) is 0 Å². The zero-order chi connectivity index (χ0) is 22.1. The number of carbonyl (C=O) groups is 1. The largest absolute Gasteiger partial charge is 0.463 e. The first kappa shape index (κ1) is 21.3. The van der Waals surface area contributed by atoms with Gasteiger partial charge in [-0.3, -0.25) is 14.0 Å². The summed E-state index contributed by atoms with van der Waals surface area (Å²) in [6.45, 7) is 6.47. The molecule has 0 radical (unpaired) electrons. The summed E-state index contributed by atoms with van der Waals surface area (Å²) >= 11 is 7.34. The second kappa shape index (κ2) is 8.64. The van der Waals surface area contributed by atoms with Crippen LogP contribution in [-0.4, -0.2) is 26.9 Å². The van der Waals surface area contributed by atoms with Crippen molar-refractivity contribution in [3.8, 4) is 0 Å². The molecule has 4 rings (SSSR count). The van der Waals surface area contributed by atoms with Gasteiger partial charge in [0.05, 0.1) is 34.1 Å². The standard InChI is InChI=1S/C22H21ClN4O3S/c1-4-26-11-10-16(25-26)12-17-20(28)27-19(14-6-8-15(23)9-7-14)18(21(29)30-5-2)13(3)24-22(27)31-17/h6-12,19H,4-5H2,1-3H3/b17-12+. The quantitative estimate of drug-likeness (QED) is 0.553. The molecule has 0 N–H and O–H groups in total. The summed E-state index contributed by atoms with van der Waals surface area (Å²) < 4.78 is 9.13. The molecule has 2 aromatic heterocycles. The van der Waals surface area contributed by atoms with Gasteiger partial charge in [-0.25, -0.2) is 9.79 Å². The van der Waals surface area contributed by atoms with Gasteiger partial charge in [-0.2, -0.15) is 5.10 Å². The molecule has 0 aliphatic carbocycles. The number of fused-ring (bicyclic) bond motifs is 1. The highest BCUT2D eigenvalue weighted by atomic mass is 35.5. The van der Waals surface area contributed by atoms with Gasteiger partial charge < -0.3 is 4.74 Å². The van der Waals surface area contributed by atoms with Crippen LogP contribution in [0.25, 0.3) is 6.08 Å². The van der Waals surface area contributed by atoms with Crippen molar-refractivity contribution in [3.05, 3.63) is 83.8 Å². The highest BCUT2D eigenvalue weighted by Crippen LogP contribution is 2.31. The molecular weight excluding hydrogens is 436 g/mol. The number of esters is 1. The molecule has 3 aromatic rings. The van der Waals surface area contributed by atoms with Crippen LogP contribution in [0, 0.1) is 0 Å². The smallest absolute Gasteiger partial charge is 0.338 e. The Bertz CT molecular complexity index is 1350. The second-order valence-electron chi connectivity index (χ2n) is 6.95. The molecule has 3 heterocycles. The number of carbonyl (C=O) groups excluding carboxylic acids is 1. The van der Waals surface area contributed by atoms with Crippen LogP contribution in [0.5, 0.6) is 0 Å². The van der Waals surface area contributed by atoms with Gasteiger partial charge in [-0.05, 0) is 50.6 Å². The topological polar surface area (TPSA) is 78.5 Å². The first-order valence-electron chi connectivity index (χ1n) is 9.91. The van der Waals surface area contributed by atoms with E-state index >= 15 is 0 Å². The van der Waals surface area contributed by atoms with Gasteiger partial charge >= 0.3 is 5.97 Å². The van der Waals surface area contributed by atoms with Crippen LogP contribution < -0.4 is 14.9 Å². The molecule has 1 aliphatic rings. The summed E-state index contributed by atoms with van der Waals surface area (Å²) in [7, 11) is 0. The molecule has 1 aromatic carbocycles. The Labute approximate surface area is 187 Å². The highest BCUT2D eigenvalue weighted by molar-refractivity contribution is 7.07. The third kappa shape index (κ3) is 4.00. The molecule has 0 amide bonds. The Morgan fingerprint density at radius 2 is 2.00 bits per heavy atom. The predicted molar refractivity (Wildman–Crippen MR) is 120 cm³/mol. The summed E-state index contributed by atoms with van der Waals surface area (Å²) in [6, 6.07) is 8.30. The van der Waals surface area contributed by atoms with Crippen molar-refractivity contribution in [2.75, 3.05) is 6.61 Å². The molecule has 31 heavy (non-hydrogen) atoms. The van der Waals surface area contributed by atoms with E-state index in [2.05, 4.69) is 10.1 Å². The lowest BCUT2D eigenvalue weighted by Gasteiger charge is -2.24. The van der Waals surface area contributed by atoms with Crippen LogP contribution in [-0.2, 0) is 16.1 Å². The number of allylic oxidation sites excluding steroid dienone is 1. The fourth-order valence-electron chi connectivity index (χ4n) is 3.52. The molecule has 0 spiro atoms. The third-order valence-electron chi connectivity index (χ3n) is 4.97. The van der Waals surface area contributed by atoms with Crippen molar-refractivity contribution in [3.63, 3.8) is 0 Å². The molecule has 9 heteroatoms. The van der Waals surface area contributed by atoms with E-state index in [1.165, 1.54) is 11.3 Å². The number of halogens is 1. The van der Waals surface area contributed by atoms with Gasteiger partial charge in [0.2, 0.25) is 0 Å². The molecule has 1 aliphatic heterocycles. The number of rotatable bonds is 5. The number of aryl methyl sites for hydroxylation is 1. The second-order valence-corrected chi connectivity index (χ2v) is 8.40. The van der Waals surface area contributed by atoms with E-state index in [0.717, 1.165) is 12.1 Å². The SMILES string of the molecule is CCOC(=O)C1=C(C)N=c2s/c(=C/c3ccn(CC)n3)c(=O)n2C1c1ccc(Cl)cc1. The fourth-order valence-corrected chi connectivity index (χ4v) is 4.67. The number of thiazole rings is 1. The summed E-state index contributed by atoms with van der Waals surface area (Å²) in [5.74, 6) is -0.486. The lowest BCUT2D eigenvalue weighted by molar-refractivity contribution is -0.139. The van der Waals surface area contributed by atoms with Gasteiger partial charge in [0, 0.05) is 17.8 Å². The molecule has 0 saturated carbocycles. The Morgan fingerprint density at radius 1 is 1.26 bits per heavy atom. The Balaban J connectivity index is 1.93. The van der Waals surface area contributed by atoms with E-state index in [0.29, 0.717) is 31.3 Å². The molecule has 7 nitrogen and oxygen atoms in total. The molecular formula is C22H21ClN4O3S. The van der Waals surface area contributed by atoms with E-state index in [4.69, 9.17) is 16.3 Å². The van der Waals surface area contributed by atoms with Crippen LogP contribution in [0.1, 0.15) is 38.1 Å². The molecule has 160 valence electrons. The van der Waals surface area contributed by atoms with Gasteiger partial charge in [-0.15, -0.1) is 0 Å². The van der Waals surface area contributed by atoms with E-state index in [9.17, 15) is 9.59 Å². The summed E-state index contributed by atoms with van der Waals surface area (Å²) in [4.78, 5) is 31.3. The van der Waals surface area contributed by atoms with Crippen molar-refractivity contribution >= 4 is 35.0 Å². The van der Waals surface area contributed by atoms with Crippen LogP contribution in [0.4, 0.5) is 0 Å². The van der Waals surface area contributed by atoms with Crippen molar-refractivity contribution in [1.82, 2.24) is 14.3 Å². The predicted octanol–water partition coefficient (Wildman–Crippen LogP) is 2.67. The number of nitrogens with zero attached hydrogens (tertiary/aromatic N) is 4. The normalized spacial score (nSPS) is 16.3. The van der Waals surface area contributed by atoms with Crippen LogP contribution in [0.2, 0.25) is 5.02 Å². The lowest BCUT2D eigenvalue weighted by atomic mass is 9.96. The molecule has 0 bridgehead atoms. The van der Waals surface area contributed by atoms with Crippen LogP contribution in [0.3, 0.4) is 0 Å². The Morgan fingerprint density at radius 3 is 2.65 bits per heavy atom. The van der Waals surface area contributed by atoms with Gasteiger partial charge in [-0.1, -0.05) is 35.1 Å². The van der Waals surface area contributed by atoms with Crippen molar-refractivity contribution in [2.24, 2.45) is 4.99 Å². The number of hydrogen-bond donors (Lipinski definition) is 0. The van der Waals surface area contributed by atoms with Gasteiger partial charge in [0.1, 0.15) is 0 Å². The first-order valence-corrected chi connectivity index (χ1v) is 11.1. The van der Waals surface area contributed by atoms with Crippen LogP contribution >= 0.6 is 22.9 Å². The van der Waals surface area contributed by atoms with E-state index in [1.807, 2.05) is 31.3 Å². The summed E-state index contributed by atoms with van der Waals surface area (Å²) in [5.41, 5.74) is 2.09. The minimum atomic E-state index is -0.650. The van der Waals surface area contributed by atoms with Gasteiger partial charge in [0.25, 0.3) is 5.56 Å². The van der Waals surface area contributed by atoms with E-state index in [-0.39, 0.29) is 12.2 Å². The van der Waals surface area contributed by atoms with E-state index < -0.39 is 12.0 Å².